The summed E-state index contributed by atoms with van der Waals surface area (Å²) in [4.78, 5) is 28.6. The van der Waals surface area contributed by atoms with Gasteiger partial charge in [0.25, 0.3) is 5.91 Å². The summed E-state index contributed by atoms with van der Waals surface area (Å²) in [6.07, 6.45) is 2.25. The topological polar surface area (TPSA) is 67.9 Å². The molecule has 0 aliphatic carbocycles. The van der Waals surface area contributed by atoms with Crippen LogP contribution in [-0.4, -0.2) is 43.0 Å². The Hall–Kier alpha value is -3.80. The van der Waals surface area contributed by atoms with Gasteiger partial charge in [0, 0.05) is 19.5 Å². The van der Waals surface area contributed by atoms with Gasteiger partial charge in [-0.3, -0.25) is 9.59 Å². The van der Waals surface area contributed by atoms with Crippen LogP contribution >= 0.6 is 0 Å². The number of rotatable bonds is 13. The monoisotopic (exact) mass is 488 g/mol. The summed E-state index contributed by atoms with van der Waals surface area (Å²) in [5, 5.41) is 3.03. The first kappa shape index (κ1) is 26.8. The van der Waals surface area contributed by atoms with Crippen molar-refractivity contribution >= 4 is 11.8 Å². The number of hydrogen-bond acceptors (Lipinski definition) is 4. The third kappa shape index (κ3) is 8.15. The zero-order valence-electron chi connectivity index (χ0n) is 21.4. The van der Waals surface area contributed by atoms with Gasteiger partial charge in [0.05, 0.1) is 7.11 Å². The minimum absolute atomic E-state index is 0.166. The van der Waals surface area contributed by atoms with Gasteiger partial charge in [0.2, 0.25) is 5.91 Å². The molecule has 0 saturated heterocycles. The molecular weight excluding hydrogens is 452 g/mol. The zero-order chi connectivity index (χ0) is 25.8. The van der Waals surface area contributed by atoms with Crippen LogP contribution in [0, 0.1) is 6.92 Å². The Kier molecular flexibility index (Phi) is 10.4. The highest BCUT2D eigenvalue weighted by atomic mass is 16.5. The number of nitrogens with one attached hydrogen (secondary N) is 1. The second kappa shape index (κ2) is 13.9. The largest absolute Gasteiger partial charge is 0.497 e. The van der Waals surface area contributed by atoms with E-state index in [1.807, 2.05) is 85.8 Å². The highest BCUT2D eigenvalue weighted by Gasteiger charge is 2.30. The molecule has 0 aromatic heterocycles. The smallest absolute Gasteiger partial charge is 0.261 e. The lowest BCUT2D eigenvalue weighted by atomic mass is 10.0. The second-order valence-corrected chi connectivity index (χ2v) is 8.82. The SMILES string of the molecule is CCCCNC(=O)[C@@H](Cc1ccccc1)N(Cc1cccc(OC)c1)C(=O)COc1ccc(C)cc1. The van der Waals surface area contributed by atoms with E-state index < -0.39 is 6.04 Å². The molecule has 0 spiro atoms. The average Bonchev–Trinajstić information content (AvgIpc) is 2.91. The van der Waals surface area contributed by atoms with E-state index in [1.165, 1.54) is 0 Å². The maximum Gasteiger partial charge on any atom is 0.261 e. The van der Waals surface area contributed by atoms with E-state index in [1.54, 1.807) is 12.0 Å². The Balaban J connectivity index is 1.89. The summed E-state index contributed by atoms with van der Waals surface area (Å²) in [6, 6.07) is 24.2. The van der Waals surface area contributed by atoms with Gasteiger partial charge in [-0.1, -0.05) is 73.5 Å². The van der Waals surface area contributed by atoms with Crippen molar-refractivity contribution in [2.45, 2.75) is 45.7 Å². The van der Waals surface area contributed by atoms with Gasteiger partial charge in [-0.15, -0.1) is 0 Å². The van der Waals surface area contributed by atoms with Gasteiger partial charge in [0.1, 0.15) is 17.5 Å². The van der Waals surface area contributed by atoms with Crippen LogP contribution in [0.1, 0.15) is 36.5 Å². The Bertz CT molecular complexity index is 1100. The number of aryl methyl sites for hydroxylation is 1. The Morgan fingerprint density at radius 1 is 0.917 bits per heavy atom. The molecule has 0 saturated carbocycles. The van der Waals surface area contributed by atoms with E-state index in [9.17, 15) is 9.59 Å². The molecule has 1 atom stereocenters. The van der Waals surface area contributed by atoms with Crippen molar-refractivity contribution < 1.29 is 19.1 Å². The van der Waals surface area contributed by atoms with E-state index in [0.29, 0.717) is 24.5 Å². The van der Waals surface area contributed by atoms with Gasteiger partial charge >= 0.3 is 0 Å². The summed E-state index contributed by atoms with van der Waals surface area (Å²) in [7, 11) is 1.61. The molecule has 0 aliphatic rings. The number of unbranched alkanes of at least 4 members (excludes halogenated alkanes) is 1. The number of carbonyl (C=O) groups excluding carboxylic acids is 2. The first-order valence-corrected chi connectivity index (χ1v) is 12.4. The summed E-state index contributed by atoms with van der Waals surface area (Å²) in [5.74, 6) is 0.883. The standard InChI is InChI=1S/C30H36N2O4/c1-4-5-18-31-30(34)28(20-24-10-7-6-8-11-24)32(21-25-12-9-13-27(19-25)35-3)29(33)22-36-26-16-14-23(2)15-17-26/h6-17,19,28H,4-5,18,20-22H2,1-3H3,(H,31,34)/t28-/m1/s1. The van der Waals surface area contributed by atoms with Crippen molar-refractivity contribution in [2.75, 3.05) is 20.3 Å². The molecule has 3 rings (SSSR count). The predicted octanol–water partition coefficient (Wildman–Crippen LogP) is 4.94. The van der Waals surface area contributed by atoms with Crippen LogP contribution in [0.25, 0.3) is 0 Å². The molecule has 36 heavy (non-hydrogen) atoms. The minimum atomic E-state index is -0.690. The zero-order valence-corrected chi connectivity index (χ0v) is 21.4. The normalized spacial score (nSPS) is 11.4. The molecule has 6 nitrogen and oxygen atoms in total. The van der Waals surface area contributed by atoms with E-state index in [4.69, 9.17) is 9.47 Å². The van der Waals surface area contributed by atoms with Gasteiger partial charge in [-0.05, 0) is 48.7 Å². The predicted molar refractivity (Wildman–Crippen MR) is 142 cm³/mol. The fraction of sp³-hybridized carbons (Fsp3) is 0.333. The number of benzene rings is 3. The van der Waals surface area contributed by atoms with Gasteiger partial charge in [0.15, 0.2) is 6.61 Å². The molecule has 0 radical (unpaired) electrons. The molecule has 0 unspecified atom stereocenters. The van der Waals surface area contributed by atoms with Gasteiger partial charge in [-0.25, -0.2) is 0 Å². The third-order valence-electron chi connectivity index (χ3n) is 5.97. The van der Waals surface area contributed by atoms with E-state index in [2.05, 4.69) is 12.2 Å². The number of nitrogens with zero attached hydrogens (tertiary/aromatic N) is 1. The Labute approximate surface area is 214 Å². The fourth-order valence-electron chi connectivity index (χ4n) is 3.89. The highest BCUT2D eigenvalue weighted by Crippen LogP contribution is 2.19. The number of carbonyl (C=O) groups is 2. The van der Waals surface area contributed by atoms with Crippen LogP contribution in [0.3, 0.4) is 0 Å². The first-order chi connectivity index (χ1) is 17.5. The lowest BCUT2D eigenvalue weighted by molar-refractivity contribution is -0.142. The molecule has 0 aliphatic heterocycles. The minimum Gasteiger partial charge on any atom is -0.497 e. The van der Waals surface area contributed by atoms with Crippen LogP contribution in [0.15, 0.2) is 78.9 Å². The maximum atomic E-state index is 13.6. The quantitative estimate of drug-likeness (QED) is 0.346. The van der Waals surface area contributed by atoms with E-state index >= 15 is 0 Å². The average molecular weight is 489 g/mol. The van der Waals surface area contributed by atoms with Crippen molar-refractivity contribution in [1.82, 2.24) is 10.2 Å². The van der Waals surface area contributed by atoms with Crippen molar-refractivity contribution in [1.29, 1.82) is 0 Å². The van der Waals surface area contributed by atoms with Crippen LogP contribution in [0.5, 0.6) is 11.5 Å². The Morgan fingerprint density at radius 2 is 1.64 bits per heavy atom. The highest BCUT2D eigenvalue weighted by molar-refractivity contribution is 5.88. The van der Waals surface area contributed by atoms with Crippen LogP contribution in [0.4, 0.5) is 0 Å². The molecular formula is C30H36N2O4. The van der Waals surface area contributed by atoms with E-state index in [0.717, 1.165) is 29.5 Å². The Morgan fingerprint density at radius 3 is 2.33 bits per heavy atom. The van der Waals surface area contributed by atoms with Crippen LogP contribution in [-0.2, 0) is 22.6 Å². The molecule has 0 heterocycles. The van der Waals surface area contributed by atoms with Crippen LogP contribution in [0.2, 0.25) is 0 Å². The number of methoxy groups -OCH3 is 1. The number of ether oxygens (including phenoxy) is 2. The first-order valence-electron chi connectivity index (χ1n) is 12.4. The third-order valence-corrected chi connectivity index (χ3v) is 5.97. The van der Waals surface area contributed by atoms with E-state index in [-0.39, 0.29) is 25.0 Å². The van der Waals surface area contributed by atoms with Crippen LogP contribution < -0.4 is 14.8 Å². The number of amides is 2. The lowest BCUT2D eigenvalue weighted by Gasteiger charge is -2.31. The fourth-order valence-corrected chi connectivity index (χ4v) is 3.89. The molecule has 2 amide bonds. The van der Waals surface area contributed by atoms with Gasteiger partial charge < -0.3 is 19.7 Å². The summed E-state index contributed by atoms with van der Waals surface area (Å²) < 4.78 is 11.2. The molecule has 0 bridgehead atoms. The molecule has 6 heteroatoms. The maximum absolute atomic E-state index is 13.6. The van der Waals surface area contributed by atoms with Gasteiger partial charge in [-0.2, -0.15) is 0 Å². The van der Waals surface area contributed by atoms with Crippen molar-refractivity contribution in [3.05, 3.63) is 95.6 Å². The lowest BCUT2D eigenvalue weighted by Crippen LogP contribution is -2.51. The summed E-state index contributed by atoms with van der Waals surface area (Å²) in [6.45, 7) is 4.74. The summed E-state index contributed by atoms with van der Waals surface area (Å²) >= 11 is 0. The second-order valence-electron chi connectivity index (χ2n) is 8.82. The van der Waals surface area contributed by atoms with Crippen molar-refractivity contribution in [3.8, 4) is 11.5 Å². The molecule has 0 fully saturated rings. The molecule has 1 N–H and O–H groups in total. The van der Waals surface area contributed by atoms with Crippen molar-refractivity contribution in [3.63, 3.8) is 0 Å². The molecule has 3 aromatic rings. The molecule has 3 aromatic carbocycles. The summed E-state index contributed by atoms with van der Waals surface area (Å²) in [5.41, 5.74) is 2.97. The molecule has 190 valence electrons. The number of hydrogen-bond donors (Lipinski definition) is 1. The van der Waals surface area contributed by atoms with Crippen molar-refractivity contribution in [2.24, 2.45) is 0 Å².